The molecule has 0 saturated heterocycles. The summed E-state index contributed by atoms with van der Waals surface area (Å²) in [4.78, 5) is 4.51. The second-order valence-electron chi connectivity index (χ2n) is 4.42. The van der Waals surface area contributed by atoms with Crippen LogP contribution in [0.25, 0.3) is 22.2 Å². The van der Waals surface area contributed by atoms with Crippen molar-refractivity contribution in [3.05, 3.63) is 29.7 Å². The highest BCUT2D eigenvalue weighted by atomic mass is 16.3. The maximum atomic E-state index is 5.72. The third-order valence-electron chi connectivity index (χ3n) is 2.69. The number of rotatable bonds is 1. The summed E-state index contributed by atoms with van der Waals surface area (Å²) in [7, 11) is 0. The molecule has 82 valence electrons. The molecule has 0 aromatic carbocycles. The molecular weight excluding hydrogens is 202 g/mol. The number of nitrogens with zero attached hydrogens (tertiary/aromatic N) is 1. The van der Waals surface area contributed by atoms with Crippen molar-refractivity contribution < 1.29 is 8.83 Å². The zero-order valence-electron chi connectivity index (χ0n) is 9.57. The molecule has 3 aromatic heterocycles. The van der Waals surface area contributed by atoms with E-state index in [1.165, 1.54) is 0 Å². The Hall–Kier alpha value is -1.77. The Labute approximate surface area is 93.1 Å². The van der Waals surface area contributed by atoms with Crippen LogP contribution >= 0.6 is 0 Å². The predicted molar refractivity (Wildman–Crippen MR) is 62.6 cm³/mol. The van der Waals surface area contributed by atoms with Gasteiger partial charge in [-0.15, -0.1) is 0 Å². The topological polar surface area (TPSA) is 39.2 Å². The van der Waals surface area contributed by atoms with Gasteiger partial charge in [0.05, 0.1) is 0 Å². The summed E-state index contributed by atoms with van der Waals surface area (Å²) >= 11 is 0. The van der Waals surface area contributed by atoms with Gasteiger partial charge in [0.25, 0.3) is 0 Å². The standard InChI is InChI=1S/C13H13NO2/c1-7(2)11-5-10-13(16-11)6-12-9(14-10)4-8(3)15-12/h4-7H,1-3H3. The largest absolute Gasteiger partial charge is 0.460 e. The van der Waals surface area contributed by atoms with Crippen LogP contribution in [0.15, 0.2) is 27.0 Å². The van der Waals surface area contributed by atoms with Gasteiger partial charge in [-0.3, -0.25) is 0 Å². The molecule has 0 aliphatic carbocycles. The number of hydrogen-bond acceptors (Lipinski definition) is 3. The molecule has 0 unspecified atom stereocenters. The Kier molecular flexibility index (Phi) is 1.84. The highest BCUT2D eigenvalue weighted by Gasteiger charge is 2.11. The van der Waals surface area contributed by atoms with Gasteiger partial charge in [0, 0.05) is 24.1 Å². The average Bonchev–Trinajstić information content (AvgIpc) is 2.74. The number of aryl methyl sites for hydroxylation is 1. The van der Waals surface area contributed by atoms with Gasteiger partial charge >= 0.3 is 0 Å². The first-order valence-corrected chi connectivity index (χ1v) is 5.44. The summed E-state index contributed by atoms with van der Waals surface area (Å²) < 4.78 is 11.2. The van der Waals surface area contributed by atoms with Crippen LogP contribution in [0.2, 0.25) is 0 Å². The van der Waals surface area contributed by atoms with Crippen LogP contribution in [0.3, 0.4) is 0 Å². The quantitative estimate of drug-likeness (QED) is 0.615. The molecule has 16 heavy (non-hydrogen) atoms. The molecular formula is C13H13NO2. The molecule has 0 fully saturated rings. The molecule has 3 heteroatoms. The highest BCUT2D eigenvalue weighted by Crippen LogP contribution is 2.27. The first-order valence-electron chi connectivity index (χ1n) is 5.44. The summed E-state index contributed by atoms with van der Waals surface area (Å²) in [5, 5.41) is 0. The van der Waals surface area contributed by atoms with E-state index >= 15 is 0 Å². The molecule has 3 nitrogen and oxygen atoms in total. The highest BCUT2D eigenvalue weighted by molar-refractivity contribution is 5.87. The van der Waals surface area contributed by atoms with E-state index in [4.69, 9.17) is 8.83 Å². The van der Waals surface area contributed by atoms with Crippen LogP contribution < -0.4 is 0 Å². The Morgan fingerprint density at radius 1 is 1.00 bits per heavy atom. The molecule has 3 aromatic rings. The van der Waals surface area contributed by atoms with Gasteiger partial charge in [-0.1, -0.05) is 13.8 Å². The zero-order chi connectivity index (χ0) is 11.3. The second-order valence-corrected chi connectivity index (χ2v) is 4.42. The minimum Gasteiger partial charge on any atom is -0.460 e. The monoisotopic (exact) mass is 215 g/mol. The molecule has 0 saturated carbocycles. The smallest absolute Gasteiger partial charge is 0.156 e. The molecule has 0 atom stereocenters. The lowest BCUT2D eigenvalue weighted by atomic mass is 10.1. The maximum Gasteiger partial charge on any atom is 0.156 e. The number of fused-ring (bicyclic) bond motifs is 2. The molecule has 0 bridgehead atoms. The lowest BCUT2D eigenvalue weighted by Crippen LogP contribution is -1.79. The van der Waals surface area contributed by atoms with Crippen molar-refractivity contribution in [3.8, 4) is 0 Å². The molecule has 0 radical (unpaired) electrons. The first-order chi connectivity index (χ1) is 7.63. The fourth-order valence-corrected chi connectivity index (χ4v) is 1.85. The Bertz CT molecular complexity index is 610. The van der Waals surface area contributed by atoms with Gasteiger partial charge in [0.2, 0.25) is 0 Å². The van der Waals surface area contributed by atoms with E-state index < -0.39 is 0 Å². The van der Waals surface area contributed by atoms with Crippen LogP contribution in [0.4, 0.5) is 0 Å². The van der Waals surface area contributed by atoms with Crippen molar-refractivity contribution in [1.82, 2.24) is 4.98 Å². The predicted octanol–water partition coefficient (Wildman–Crippen LogP) is 4.01. The third kappa shape index (κ3) is 1.32. The van der Waals surface area contributed by atoms with E-state index in [1.807, 2.05) is 25.1 Å². The maximum absolute atomic E-state index is 5.72. The fraction of sp³-hybridized carbons (Fsp3) is 0.308. The van der Waals surface area contributed by atoms with Crippen LogP contribution in [0.1, 0.15) is 31.3 Å². The summed E-state index contributed by atoms with van der Waals surface area (Å²) in [5.41, 5.74) is 3.37. The van der Waals surface area contributed by atoms with E-state index in [0.29, 0.717) is 5.92 Å². The van der Waals surface area contributed by atoms with Gasteiger partial charge in [-0.2, -0.15) is 0 Å². The molecule has 3 heterocycles. The van der Waals surface area contributed by atoms with Crippen LogP contribution in [-0.2, 0) is 0 Å². The Morgan fingerprint density at radius 2 is 1.69 bits per heavy atom. The van der Waals surface area contributed by atoms with Gasteiger partial charge < -0.3 is 8.83 Å². The van der Waals surface area contributed by atoms with E-state index in [9.17, 15) is 0 Å². The Balaban J connectivity index is 2.31. The van der Waals surface area contributed by atoms with Crippen LogP contribution in [0, 0.1) is 6.92 Å². The van der Waals surface area contributed by atoms with Gasteiger partial charge in [0.15, 0.2) is 11.2 Å². The van der Waals surface area contributed by atoms with Crippen molar-refractivity contribution in [1.29, 1.82) is 0 Å². The van der Waals surface area contributed by atoms with E-state index in [1.54, 1.807) is 0 Å². The first kappa shape index (κ1) is 9.46. The van der Waals surface area contributed by atoms with Gasteiger partial charge in [-0.25, -0.2) is 4.98 Å². The minimum absolute atomic E-state index is 0.377. The summed E-state index contributed by atoms with van der Waals surface area (Å²) in [6.07, 6.45) is 0. The van der Waals surface area contributed by atoms with Crippen LogP contribution in [0.5, 0.6) is 0 Å². The normalized spacial score (nSPS) is 12.0. The molecule has 0 aliphatic rings. The number of pyridine rings is 1. The van der Waals surface area contributed by atoms with Crippen molar-refractivity contribution in [3.63, 3.8) is 0 Å². The summed E-state index contributed by atoms with van der Waals surface area (Å²) in [6, 6.07) is 5.86. The number of hydrogen-bond donors (Lipinski definition) is 0. The number of aromatic nitrogens is 1. The molecule has 3 rings (SSSR count). The third-order valence-corrected chi connectivity index (χ3v) is 2.69. The average molecular weight is 215 g/mol. The molecule has 0 amide bonds. The lowest BCUT2D eigenvalue weighted by Gasteiger charge is -1.95. The molecule has 0 N–H and O–H groups in total. The lowest BCUT2D eigenvalue weighted by molar-refractivity contribution is 0.520. The molecule has 0 aliphatic heterocycles. The van der Waals surface area contributed by atoms with Gasteiger partial charge in [-0.05, 0) is 6.92 Å². The minimum atomic E-state index is 0.377. The van der Waals surface area contributed by atoms with Crippen LogP contribution in [-0.4, -0.2) is 4.98 Å². The number of furan rings is 2. The summed E-state index contributed by atoms with van der Waals surface area (Å²) in [6.45, 7) is 6.13. The fourth-order valence-electron chi connectivity index (χ4n) is 1.85. The van der Waals surface area contributed by atoms with Crippen molar-refractivity contribution in [2.45, 2.75) is 26.7 Å². The van der Waals surface area contributed by atoms with Crippen molar-refractivity contribution >= 4 is 22.2 Å². The van der Waals surface area contributed by atoms with E-state index in [2.05, 4.69) is 18.8 Å². The second kappa shape index (κ2) is 3.11. The van der Waals surface area contributed by atoms with Crippen molar-refractivity contribution in [2.75, 3.05) is 0 Å². The summed E-state index contributed by atoms with van der Waals surface area (Å²) in [5.74, 6) is 2.22. The van der Waals surface area contributed by atoms with Gasteiger partial charge in [0.1, 0.15) is 22.6 Å². The zero-order valence-corrected chi connectivity index (χ0v) is 9.57. The molecule has 0 spiro atoms. The van der Waals surface area contributed by atoms with E-state index in [0.717, 1.165) is 33.7 Å². The SMILES string of the molecule is Cc1cc2nc3cc(C(C)C)oc3cc2o1. The van der Waals surface area contributed by atoms with Crippen molar-refractivity contribution in [2.24, 2.45) is 0 Å². The Morgan fingerprint density at radius 3 is 2.44 bits per heavy atom. The van der Waals surface area contributed by atoms with E-state index in [-0.39, 0.29) is 0 Å².